The number of rotatable bonds is 4. The smallest absolute Gasteiger partial charge is 0.251 e. The van der Waals surface area contributed by atoms with Gasteiger partial charge < -0.3 is 15.4 Å². The first-order valence-electron chi connectivity index (χ1n) is 8.42. The molecule has 3 rings (SSSR count). The number of halogens is 1. The van der Waals surface area contributed by atoms with Gasteiger partial charge in [-0.1, -0.05) is 30.3 Å². The van der Waals surface area contributed by atoms with Crippen molar-refractivity contribution < 1.29 is 14.3 Å². The SMILES string of the molecule is Cl.NC[C@H]1CC[C@@H](C(=O)N2CCC(C(=O)c3ccccc3)CC2)O1. The molecule has 0 saturated carbocycles. The van der Waals surface area contributed by atoms with E-state index in [9.17, 15) is 9.59 Å². The Hall–Kier alpha value is -1.43. The second-order valence-electron chi connectivity index (χ2n) is 6.39. The molecule has 0 aliphatic carbocycles. The van der Waals surface area contributed by atoms with Crippen molar-refractivity contribution in [1.29, 1.82) is 0 Å². The van der Waals surface area contributed by atoms with Crippen molar-refractivity contribution in [3.8, 4) is 0 Å². The van der Waals surface area contributed by atoms with Crippen molar-refractivity contribution in [2.24, 2.45) is 11.7 Å². The predicted molar refractivity (Wildman–Crippen MR) is 94.3 cm³/mol. The highest BCUT2D eigenvalue weighted by molar-refractivity contribution is 5.98. The molecule has 2 aliphatic rings. The number of ketones is 1. The van der Waals surface area contributed by atoms with E-state index in [1.165, 1.54) is 0 Å². The summed E-state index contributed by atoms with van der Waals surface area (Å²) in [5.74, 6) is 0.271. The van der Waals surface area contributed by atoms with Crippen molar-refractivity contribution in [3.05, 3.63) is 35.9 Å². The fraction of sp³-hybridized carbons (Fsp3) is 0.556. The number of amides is 1. The Labute approximate surface area is 148 Å². The Kier molecular flexibility index (Phi) is 6.78. The van der Waals surface area contributed by atoms with Gasteiger partial charge in [-0.15, -0.1) is 12.4 Å². The quantitative estimate of drug-likeness (QED) is 0.841. The van der Waals surface area contributed by atoms with E-state index in [-0.39, 0.29) is 42.2 Å². The monoisotopic (exact) mass is 352 g/mol. The van der Waals surface area contributed by atoms with Crippen LogP contribution in [0.2, 0.25) is 0 Å². The molecule has 0 aromatic heterocycles. The number of ether oxygens (including phenoxy) is 1. The Morgan fingerprint density at radius 1 is 1.08 bits per heavy atom. The summed E-state index contributed by atoms with van der Waals surface area (Å²) in [6.45, 7) is 1.74. The van der Waals surface area contributed by atoms with E-state index in [4.69, 9.17) is 10.5 Å². The molecular weight excluding hydrogens is 328 g/mol. The van der Waals surface area contributed by atoms with Crippen LogP contribution in [0.3, 0.4) is 0 Å². The lowest BCUT2D eigenvalue weighted by atomic mass is 9.88. The second-order valence-corrected chi connectivity index (χ2v) is 6.39. The third kappa shape index (κ3) is 4.15. The summed E-state index contributed by atoms with van der Waals surface area (Å²) in [4.78, 5) is 26.8. The van der Waals surface area contributed by atoms with E-state index in [0.29, 0.717) is 19.6 Å². The lowest BCUT2D eigenvalue weighted by Gasteiger charge is -2.32. The Morgan fingerprint density at radius 3 is 2.33 bits per heavy atom. The molecule has 132 valence electrons. The number of nitrogens with two attached hydrogens (primary N) is 1. The van der Waals surface area contributed by atoms with E-state index in [1.807, 2.05) is 35.2 Å². The average Bonchev–Trinajstić information content (AvgIpc) is 3.10. The number of carbonyl (C=O) groups excluding carboxylic acids is 2. The van der Waals surface area contributed by atoms with E-state index >= 15 is 0 Å². The summed E-state index contributed by atoms with van der Waals surface area (Å²) < 4.78 is 5.69. The first-order chi connectivity index (χ1) is 11.2. The van der Waals surface area contributed by atoms with E-state index < -0.39 is 0 Å². The normalized spacial score (nSPS) is 24.5. The Morgan fingerprint density at radius 2 is 1.75 bits per heavy atom. The van der Waals surface area contributed by atoms with Crippen LogP contribution in [0.15, 0.2) is 30.3 Å². The maximum absolute atomic E-state index is 12.5. The number of carbonyl (C=O) groups is 2. The van der Waals surface area contributed by atoms with Gasteiger partial charge in [0.1, 0.15) is 6.10 Å². The first kappa shape index (κ1) is 18.9. The third-order valence-corrected chi connectivity index (χ3v) is 4.88. The van der Waals surface area contributed by atoms with Crippen molar-refractivity contribution >= 4 is 24.1 Å². The summed E-state index contributed by atoms with van der Waals surface area (Å²) >= 11 is 0. The van der Waals surface area contributed by atoms with Gasteiger partial charge in [0.25, 0.3) is 5.91 Å². The lowest BCUT2D eigenvalue weighted by Crippen LogP contribution is -2.45. The van der Waals surface area contributed by atoms with Crippen molar-refractivity contribution in [2.75, 3.05) is 19.6 Å². The van der Waals surface area contributed by atoms with Gasteiger partial charge in [-0.3, -0.25) is 9.59 Å². The van der Waals surface area contributed by atoms with Gasteiger partial charge in [0.05, 0.1) is 6.10 Å². The molecule has 1 amide bonds. The van der Waals surface area contributed by atoms with Crippen LogP contribution in [0, 0.1) is 5.92 Å². The summed E-state index contributed by atoms with van der Waals surface area (Å²) in [7, 11) is 0. The second kappa shape index (κ2) is 8.60. The molecule has 2 heterocycles. The van der Waals surface area contributed by atoms with Crippen LogP contribution in [0.1, 0.15) is 36.0 Å². The van der Waals surface area contributed by atoms with Crippen LogP contribution >= 0.6 is 12.4 Å². The standard InChI is InChI=1S/C18H24N2O3.ClH/c19-12-15-6-7-16(23-15)18(22)20-10-8-14(9-11-20)17(21)13-4-2-1-3-5-13;/h1-5,14-16H,6-12,19H2;1H/t15-,16+;/m1./s1. The van der Waals surface area contributed by atoms with Crippen molar-refractivity contribution in [1.82, 2.24) is 4.90 Å². The molecule has 2 aliphatic heterocycles. The summed E-state index contributed by atoms with van der Waals surface area (Å²) in [6.07, 6.45) is 2.74. The minimum atomic E-state index is -0.343. The Balaban J connectivity index is 0.00000208. The number of piperidine rings is 1. The van der Waals surface area contributed by atoms with E-state index in [0.717, 1.165) is 31.2 Å². The molecule has 5 nitrogen and oxygen atoms in total. The minimum Gasteiger partial charge on any atom is -0.364 e. The third-order valence-electron chi connectivity index (χ3n) is 4.88. The van der Waals surface area contributed by atoms with Gasteiger partial charge >= 0.3 is 0 Å². The molecule has 0 radical (unpaired) electrons. The number of Topliss-reactive ketones (excluding diaryl/α,β-unsaturated/α-hetero) is 1. The molecule has 0 bridgehead atoms. The molecule has 2 N–H and O–H groups in total. The molecule has 2 atom stereocenters. The van der Waals surface area contributed by atoms with Gasteiger partial charge in [0.2, 0.25) is 0 Å². The number of hydrogen-bond acceptors (Lipinski definition) is 4. The van der Waals surface area contributed by atoms with Crippen LogP contribution in [0.4, 0.5) is 0 Å². The Bertz CT molecular complexity index is 559. The molecule has 1 aromatic rings. The van der Waals surface area contributed by atoms with Crippen LogP contribution in [-0.2, 0) is 9.53 Å². The molecule has 2 saturated heterocycles. The fourth-order valence-electron chi connectivity index (χ4n) is 3.46. The highest BCUT2D eigenvalue weighted by atomic mass is 35.5. The molecule has 6 heteroatoms. The number of nitrogens with zero attached hydrogens (tertiary/aromatic N) is 1. The molecule has 1 aromatic carbocycles. The van der Waals surface area contributed by atoms with Gasteiger partial charge in [-0.25, -0.2) is 0 Å². The van der Waals surface area contributed by atoms with Gasteiger partial charge in [-0.05, 0) is 25.7 Å². The van der Waals surface area contributed by atoms with Crippen LogP contribution in [0.25, 0.3) is 0 Å². The van der Waals surface area contributed by atoms with Crippen molar-refractivity contribution in [2.45, 2.75) is 37.9 Å². The predicted octanol–water partition coefficient (Wildman–Crippen LogP) is 2.04. The molecule has 0 spiro atoms. The summed E-state index contributed by atoms with van der Waals surface area (Å²) in [5.41, 5.74) is 6.36. The van der Waals surface area contributed by atoms with Gasteiger partial charge in [-0.2, -0.15) is 0 Å². The van der Waals surface area contributed by atoms with Gasteiger partial charge in [0, 0.05) is 31.1 Å². The molecule has 0 unspecified atom stereocenters. The highest BCUT2D eigenvalue weighted by Crippen LogP contribution is 2.25. The minimum absolute atomic E-state index is 0. The number of likely N-dealkylation sites (tertiary alicyclic amines) is 1. The fourth-order valence-corrected chi connectivity index (χ4v) is 3.46. The summed E-state index contributed by atoms with van der Waals surface area (Å²) in [6, 6.07) is 9.40. The van der Waals surface area contributed by atoms with Crippen LogP contribution in [-0.4, -0.2) is 48.4 Å². The number of hydrogen-bond donors (Lipinski definition) is 1. The zero-order valence-corrected chi connectivity index (χ0v) is 14.5. The van der Waals surface area contributed by atoms with Crippen molar-refractivity contribution in [3.63, 3.8) is 0 Å². The van der Waals surface area contributed by atoms with E-state index in [1.54, 1.807) is 0 Å². The maximum atomic E-state index is 12.5. The topological polar surface area (TPSA) is 72.6 Å². The van der Waals surface area contributed by atoms with Crippen LogP contribution in [0.5, 0.6) is 0 Å². The lowest BCUT2D eigenvalue weighted by molar-refractivity contribution is -0.144. The summed E-state index contributed by atoms with van der Waals surface area (Å²) in [5, 5.41) is 0. The zero-order chi connectivity index (χ0) is 16.2. The number of benzene rings is 1. The largest absolute Gasteiger partial charge is 0.364 e. The maximum Gasteiger partial charge on any atom is 0.251 e. The van der Waals surface area contributed by atoms with Gasteiger partial charge in [0.15, 0.2) is 5.78 Å². The zero-order valence-electron chi connectivity index (χ0n) is 13.7. The van der Waals surface area contributed by atoms with Crippen LogP contribution < -0.4 is 5.73 Å². The van der Waals surface area contributed by atoms with E-state index in [2.05, 4.69) is 0 Å². The highest BCUT2D eigenvalue weighted by Gasteiger charge is 2.35. The first-order valence-corrected chi connectivity index (χ1v) is 8.42. The molecule has 24 heavy (non-hydrogen) atoms. The molecular formula is C18H25ClN2O3. The molecule has 2 fully saturated rings. The average molecular weight is 353 g/mol.